The molecule has 1 aromatic carbocycles. The number of rotatable bonds is 6. The molecule has 0 fully saturated rings. The molecule has 1 aromatic heterocycles. The van der Waals surface area contributed by atoms with Crippen molar-refractivity contribution in [3.63, 3.8) is 0 Å². The van der Waals surface area contributed by atoms with E-state index in [1.54, 1.807) is 7.11 Å². The summed E-state index contributed by atoms with van der Waals surface area (Å²) in [6, 6.07) is 5.67. The summed E-state index contributed by atoms with van der Waals surface area (Å²) in [5, 5.41) is 19.8. The maximum Gasteiger partial charge on any atom is 0.269 e. The van der Waals surface area contributed by atoms with Crippen molar-refractivity contribution < 1.29 is 14.6 Å². The normalized spacial score (nSPS) is 15.0. The Morgan fingerprint density at radius 3 is 2.92 bits per heavy atom. The molecule has 25 heavy (non-hydrogen) atoms. The third-order valence-corrected chi connectivity index (χ3v) is 5.15. The lowest BCUT2D eigenvalue weighted by Crippen LogP contribution is -2.42. The Morgan fingerprint density at radius 1 is 1.44 bits per heavy atom. The SMILES string of the molecule is CC[C@H](C)[C@@H](CO)NC(=O)c1[nH]nc2c1CCc1cc(OC)ccc1-2. The molecule has 0 saturated heterocycles. The number of H-pyrrole nitrogens is 1. The maximum absolute atomic E-state index is 12.7. The number of ether oxygens (including phenoxy) is 1. The number of aromatic amines is 1. The van der Waals surface area contributed by atoms with Crippen molar-refractivity contribution in [2.45, 2.75) is 39.2 Å². The molecule has 0 aliphatic heterocycles. The monoisotopic (exact) mass is 343 g/mol. The van der Waals surface area contributed by atoms with Crippen molar-refractivity contribution in [3.05, 3.63) is 35.0 Å². The number of amides is 1. The number of benzene rings is 1. The highest BCUT2D eigenvalue weighted by molar-refractivity contribution is 5.96. The van der Waals surface area contributed by atoms with E-state index in [2.05, 4.69) is 15.5 Å². The van der Waals surface area contributed by atoms with Crippen molar-refractivity contribution in [2.75, 3.05) is 13.7 Å². The van der Waals surface area contributed by atoms with Crippen LogP contribution < -0.4 is 10.1 Å². The summed E-state index contributed by atoms with van der Waals surface area (Å²) in [6.45, 7) is 4.00. The number of aliphatic hydroxyl groups is 1. The molecule has 134 valence electrons. The van der Waals surface area contributed by atoms with Crippen molar-refractivity contribution >= 4 is 5.91 Å². The van der Waals surface area contributed by atoms with E-state index in [1.807, 2.05) is 32.0 Å². The molecule has 6 heteroatoms. The first-order valence-electron chi connectivity index (χ1n) is 8.75. The first-order valence-corrected chi connectivity index (χ1v) is 8.75. The summed E-state index contributed by atoms with van der Waals surface area (Å²) in [4.78, 5) is 12.7. The Kier molecular flexibility index (Phi) is 5.08. The standard InChI is InChI=1S/C19H25N3O3/c1-4-11(2)16(10-23)20-19(24)18-15-7-5-12-9-13(25-3)6-8-14(12)17(15)21-22-18/h6,8-9,11,16,23H,4-5,7,10H2,1-3H3,(H,20,24)(H,21,22)/t11-,16+/m0/s1. The highest BCUT2D eigenvalue weighted by Gasteiger charge is 2.27. The zero-order chi connectivity index (χ0) is 18.0. The quantitative estimate of drug-likeness (QED) is 0.751. The van der Waals surface area contributed by atoms with Gasteiger partial charge in [-0.05, 0) is 42.5 Å². The summed E-state index contributed by atoms with van der Waals surface area (Å²) in [6.07, 6.45) is 2.48. The van der Waals surface area contributed by atoms with E-state index in [-0.39, 0.29) is 24.5 Å². The number of fused-ring (bicyclic) bond motifs is 3. The van der Waals surface area contributed by atoms with Gasteiger partial charge < -0.3 is 15.2 Å². The predicted octanol–water partition coefficient (Wildman–Crippen LogP) is 2.32. The molecule has 1 aliphatic carbocycles. The number of carbonyl (C=O) groups is 1. The number of carbonyl (C=O) groups excluding carboxylic acids is 1. The van der Waals surface area contributed by atoms with E-state index in [0.717, 1.165) is 41.8 Å². The van der Waals surface area contributed by atoms with Gasteiger partial charge in [-0.15, -0.1) is 0 Å². The van der Waals surface area contributed by atoms with Crippen molar-refractivity contribution in [1.29, 1.82) is 0 Å². The molecule has 0 bridgehead atoms. The molecule has 3 N–H and O–H groups in total. The van der Waals surface area contributed by atoms with Gasteiger partial charge >= 0.3 is 0 Å². The minimum Gasteiger partial charge on any atom is -0.497 e. The van der Waals surface area contributed by atoms with Crippen molar-refractivity contribution in [1.82, 2.24) is 15.5 Å². The molecule has 1 aliphatic rings. The van der Waals surface area contributed by atoms with Crippen LogP contribution in [-0.2, 0) is 12.8 Å². The van der Waals surface area contributed by atoms with Crippen LogP contribution in [0.1, 0.15) is 41.9 Å². The van der Waals surface area contributed by atoms with Gasteiger partial charge in [0.2, 0.25) is 0 Å². The molecule has 2 atom stereocenters. The number of aryl methyl sites for hydroxylation is 1. The molecule has 0 radical (unpaired) electrons. The van der Waals surface area contributed by atoms with Crippen molar-refractivity contribution in [3.8, 4) is 17.0 Å². The van der Waals surface area contributed by atoms with E-state index >= 15 is 0 Å². The van der Waals surface area contributed by atoms with Gasteiger partial charge in [0, 0.05) is 11.1 Å². The highest BCUT2D eigenvalue weighted by Crippen LogP contribution is 2.35. The lowest BCUT2D eigenvalue weighted by atomic mass is 9.88. The predicted molar refractivity (Wildman–Crippen MR) is 95.8 cm³/mol. The van der Waals surface area contributed by atoms with Crippen LogP contribution in [0.3, 0.4) is 0 Å². The minimum absolute atomic E-state index is 0.0697. The lowest BCUT2D eigenvalue weighted by molar-refractivity contribution is 0.0885. The first kappa shape index (κ1) is 17.5. The topological polar surface area (TPSA) is 87.2 Å². The Bertz CT molecular complexity index is 769. The van der Waals surface area contributed by atoms with Crippen LogP contribution in [0, 0.1) is 5.92 Å². The minimum atomic E-state index is -0.253. The second kappa shape index (κ2) is 7.27. The molecule has 1 heterocycles. The highest BCUT2D eigenvalue weighted by atomic mass is 16.5. The number of methoxy groups -OCH3 is 1. The molecule has 1 amide bonds. The van der Waals surface area contributed by atoms with E-state index in [9.17, 15) is 9.90 Å². The fraction of sp³-hybridized carbons (Fsp3) is 0.474. The van der Waals surface area contributed by atoms with Gasteiger partial charge in [-0.3, -0.25) is 9.89 Å². The molecule has 2 aromatic rings. The first-order chi connectivity index (χ1) is 12.1. The van der Waals surface area contributed by atoms with Crippen LogP contribution in [0.25, 0.3) is 11.3 Å². The van der Waals surface area contributed by atoms with E-state index in [4.69, 9.17) is 4.74 Å². The van der Waals surface area contributed by atoms with Crippen LogP contribution in [0.5, 0.6) is 5.75 Å². The molecule has 0 unspecified atom stereocenters. The Balaban J connectivity index is 1.87. The van der Waals surface area contributed by atoms with E-state index < -0.39 is 0 Å². The van der Waals surface area contributed by atoms with Gasteiger partial charge in [-0.1, -0.05) is 20.3 Å². The lowest BCUT2D eigenvalue weighted by Gasteiger charge is -2.22. The fourth-order valence-electron chi connectivity index (χ4n) is 3.31. The van der Waals surface area contributed by atoms with Gasteiger partial charge in [0.05, 0.1) is 25.5 Å². The van der Waals surface area contributed by atoms with Gasteiger partial charge in [0.25, 0.3) is 5.91 Å². The van der Waals surface area contributed by atoms with Crippen LogP contribution in [0.15, 0.2) is 18.2 Å². The second-order valence-electron chi connectivity index (χ2n) is 6.60. The van der Waals surface area contributed by atoms with Gasteiger partial charge in [-0.25, -0.2) is 0 Å². The van der Waals surface area contributed by atoms with Crippen molar-refractivity contribution in [2.24, 2.45) is 5.92 Å². The average Bonchev–Trinajstić information content (AvgIpc) is 3.09. The van der Waals surface area contributed by atoms with Crippen LogP contribution >= 0.6 is 0 Å². The van der Waals surface area contributed by atoms with Gasteiger partial charge in [0.1, 0.15) is 11.4 Å². The third kappa shape index (κ3) is 3.26. The summed E-state index contributed by atoms with van der Waals surface area (Å²) in [5.41, 5.74) is 4.49. The zero-order valence-electron chi connectivity index (χ0n) is 14.9. The zero-order valence-corrected chi connectivity index (χ0v) is 14.9. The van der Waals surface area contributed by atoms with E-state index in [1.165, 1.54) is 5.56 Å². The van der Waals surface area contributed by atoms with Gasteiger partial charge in [0.15, 0.2) is 0 Å². The molecule has 6 nitrogen and oxygen atoms in total. The number of aromatic nitrogens is 2. The molecule has 0 spiro atoms. The molecular formula is C19H25N3O3. The van der Waals surface area contributed by atoms with Crippen LogP contribution in [0.2, 0.25) is 0 Å². The Morgan fingerprint density at radius 2 is 2.24 bits per heavy atom. The van der Waals surface area contributed by atoms with Gasteiger partial charge in [-0.2, -0.15) is 5.10 Å². The number of hydrogen-bond acceptors (Lipinski definition) is 4. The number of hydrogen-bond donors (Lipinski definition) is 3. The van der Waals surface area contributed by atoms with Crippen LogP contribution in [0.4, 0.5) is 0 Å². The summed E-state index contributed by atoms with van der Waals surface area (Å²) in [5.74, 6) is 0.834. The number of aliphatic hydroxyl groups excluding tert-OH is 1. The fourth-order valence-corrected chi connectivity index (χ4v) is 3.31. The van der Waals surface area contributed by atoms with E-state index in [0.29, 0.717) is 5.69 Å². The number of nitrogens with one attached hydrogen (secondary N) is 2. The number of nitrogens with zero attached hydrogens (tertiary/aromatic N) is 1. The molecule has 3 rings (SSSR count). The maximum atomic E-state index is 12.7. The van der Waals surface area contributed by atoms with Crippen LogP contribution in [-0.4, -0.2) is 41.0 Å². The summed E-state index contributed by atoms with van der Waals surface area (Å²) in [7, 11) is 1.65. The molecular weight excluding hydrogens is 318 g/mol. The Labute approximate surface area is 147 Å². The third-order valence-electron chi connectivity index (χ3n) is 5.15. The Hall–Kier alpha value is -2.34. The largest absolute Gasteiger partial charge is 0.497 e. The summed E-state index contributed by atoms with van der Waals surface area (Å²) < 4.78 is 5.28. The molecule has 0 saturated carbocycles. The second-order valence-corrected chi connectivity index (χ2v) is 6.60. The smallest absolute Gasteiger partial charge is 0.269 e. The average molecular weight is 343 g/mol. The summed E-state index contributed by atoms with van der Waals surface area (Å²) >= 11 is 0.